The van der Waals surface area contributed by atoms with E-state index in [1.165, 1.54) is 14.2 Å². The lowest BCUT2D eigenvalue weighted by atomic mass is 10.0. The van der Waals surface area contributed by atoms with Gasteiger partial charge in [-0.15, -0.1) is 0 Å². The molecule has 2 aromatic rings. The molecule has 2 rings (SSSR count). The summed E-state index contributed by atoms with van der Waals surface area (Å²) in [4.78, 5) is 12.3. The number of sulfonamides is 1. The molecular weight excluding hydrogens is 388 g/mol. The number of ether oxygens (including phenoxy) is 1. The van der Waals surface area contributed by atoms with Crippen LogP contribution in [-0.4, -0.2) is 39.3 Å². The quantitative estimate of drug-likeness (QED) is 0.754. The summed E-state index contributed by atoms with van der Waals surface area (Å²) in [5, 5.41) is 3.19. The molecule has 0 atom stereocenters. The fourth-order valence-corrected chi connectivity index (χ4v) is 3.88. The van der Waals surface area contributed by atoms with E-state index in [4.69, 9.17) is 16.3 Å². The number of halogens is 1. The van der Waals surface area contributed by atoms with Crippen molar-refractivity contribution in [2.45, 2.75) is 24.7 Å². The Morgan fingerprint density at radius 3 is 2.37 bits per heavy atom. The smallest absolute Gasteiger partial charge is 0.246 e. The molecule has 6 nitrogen and oxygen atoms in total. The van der Waals surface area contributed by atoms with E-state index in [0.717, 1.165) is 9.87 Å². The molecule has 1 amide bonds. The molecule has 0 saturated heterocycles. The number of amides is 1. The van der Waals surface area contributed by atoms with Crippen molar-refractivity contribution in [3.05, 3.63) is 53.1 Å². The van der Waals surface area contributed by atoms with Crippen molar-refractivity contribution in [3.8, 4) is 5.75 Å². The van der Waals surface area contributed by atoms with Crippen LogP contribution >= 0.6 is 11.6 Å². The molecule has 27 heavy (non-hydrogen) atoms. The molecule has 0 heterocycles. The first-order valence-corrected chi connectivity index (χ1v) is 10.2. The third kappa shape index (κ3) is 5.22. The van der Waals surface area contributed by atoms with Gasteiger partial charge in [0.05, 0.1) is 13.7 Å². The van der Waals surface area contributed by atoms with Crippen LogP contribution in [0.25, 0.3) is 0 Å². The van der Waals surface area contributed by atoms with Gasteiger partial charge >= 0.3 is 0 Å². The molecule has 0 aliphatic rings. The predicted molar refractivity (Wildman–Crippen MR) is 107 cm³/mol. The van der Waals surface area contributed by atoms with E-state index in [-0.39, 0.29) is 23.1 Å². The number of rotatable bonds is 7. The molecule has 8 heteroatoms. The number of nitrogens with zero attached hydrogens (tertiary/aromatic N) is 1. The number of anilines is 1. The van der Waals surface area contributed by atoms with E-state index >= 15 is 0 Å². The Balaban J connectivity index is 2.21. The summed E-state index contributed by atoms with van der Waals surface area (Å²) < 4.78 is 32.1. The average molecular weight is 411 g/mol. The van der Waals surface area contributed by atoms with Gasteiger partial charge in [0.15, 0.2) is 0 Å². The van der Waals surface area contributed by atoms with Crippen molar-refractivity contribution in [2.24, 2.45) is 0 Å². The van der Waals surface area contributed by atoms with Gasteiger partial charge in [-0.25, -0.2) is 8.42 Å². The van der Waals surface area contributed by atoms with Crippen LogP contribution in [0.1, 0.15) is 25.3 Å². The van der Waals surface area contributed by atoms with E-state index in [9.17, 15) is 13.2 Å². The number of hydrogen-bond acceptors (Lipinski definition) is 4. The summed E-state index contributed by atoms with van der Waals surface area (Å²) >= 11 is 5.81. The standard InChI is InChI=1S/C19H23ClN2O4S/c1-13(2)14-5-10-17(26-4)18(11-14)27(24,25)22(3)12-19(23)21-16-8-6-15(20)7-9-16/h5-11,13H,12H2,1-4H3,(H,21,23). The average Bonchev–Trinajstić information content (AvgIpc) is 2.62. The van der Waals surface area contributed by atoms with E-state index in [1.807, 2.05) is 19.9 Å². The molecule has 0 bridgehead atoms. The zero-order valence-corrected chi connectivity index (χ0v) is 17.3. The van der Waals surface area contributed by atoms with Gasteiger partial charge in [-0.05, 0) is 47.9 Å². The molecule has 146 valence electrons. The lowest BCUT2D eigenvalue weighted by molar-refractivity contribution is -0.116. The first-order chi connectivity index (χ1) is 12.6. The number of benzene rings is 2. The topological polar surface area (TPSA) is 75.7 Å². The highest BCUT2D eigenvalue weighted by Crippen LogP contribution is 2.29. The Morgan fingerprint density at radius 1 is 1.19 bits per heavy atom. The lowest BCUT2D eigenvalue weighted by Gasteiger charge is -2.20. The first kappa shape index (κ1) is 21.2. The van der Waals surface area contributed by atoms with Crippen LogP contribution in [0, 0.1) is 0 Å². The van der Waals surface area contributed by atoms with Crippen LogP contribution in [0.3, 0.4) is 0 Å². The molecule has 0 aromatic heterocycles. The monoisotopic (exact) mass is 410 g/mol. The van der Waals surface area contributed by atoms with Gasteiger partial charge in [-0.2, -0.15) is 4.31 Å². The second-order valence-corrected chi connectivity index (χ2v) is 8.83. The van der Waals surface area contributed by atoms with Crippen molar-refractivity contribution in [2.75, 3.05) is 26.0 Å². The van der Waals surface area contributed by atoms with Crippen molar-refractivity contribution in [1.29, 1.82) is 0 Å². The number of carbonyl (C=O) groups excluding carboxylic acids is 1. The number of nitrogens with one attached hydrogen (secondary N) is 1. The summed E-state index contributed by atoms with van der Waals surface area (Å²) in [6.45, 7) is 3.61. The summed E-state index contributed by atoms with van der Waals surface area (Å²) in [5.41, 5.74) is 1.41. The third-order valence-corrected chi connectivity index (χ3v) is 6.11. The van der Waals surface area contributed by atoms with E-state index in [1.54, 1.807) is 36.4 Å². The Hall–Kier alpha value is -2.09. The summed E-state index contributed by atoms with van der Waals surface area (Å²) in [7, 11) is -1.13. The maximum Gasteiger partial charge on any atom is 0.246 e. The number of carbonyl (C=O) groups is 1. The third-order valence-electron chi connectivity index (χ3n) is 4.04. The molecular formula is C19H23ClN2O4S. The van der Waals surface area contributed by atoms with Crippen LogP contribution in [0.4, 0.5) is 5.69 Å². The molecule has 2 aromatic carbocycles. The van der Waals surface area contributed by atoms with E-state index < -0.39 is 15.9 Å². The van der Waals surface area contributed by atoms with E-state index in [2.05, 4.69) is 5.32 Å². The summed E-state index contributed by atoms with van der Waals surface area (Å²) in [6.07, 6.45) is 0. The zero-order chi connectivity index (χ0) is 20.2. The maximum atomic E-state index is 13.0. The van der Waals surface area contributed by atoms with Crippen LogP contribution in [0.15, 0.2) is 47.4 Å². The Labute approximate surface area is 165 Å². The van der Waals surface area contributed by atoms with Crippen molar-refractivity contribution in [1.82, 2.24) is 4.31 Å². The first-order valence-electron chi connectivity index (χ1n) is 8.35. The lowest BCUT2D eigenvalue weighted by Crippen LogP contribution is -2.35. The molecule has 0 saturated carbocycles. The van der Waals surface area contributed by atoms with Crippen LogP contribution in [0.5, 0.6) is 5.75 Å². The maximum absolute atomic E-state index is 13.0. The van der Waals surface area contributed by atoms with Crippen molar-refractivity contribution in [3.63, 3.8) is 0 Å². The van der Waals surface area contributed by atoms with Gasteiger partial charge in [0.25, 0.3) is 0 Å². The Morgan fingerprint density at radius 2 is 1.81 bits per heavy atom. The van der Waals surface area contributed by atoms with Gasteiger partial charge in [0.1, 0.15) is 10.6 Å². The highest BCUT2D eigenvalue weighted by molar-refractivity contribution is 7.89. The molecule has 0 aliphatic heterocycles. The highest BCUT2D eigenvalue weighted by atomic mass is 35.5. The second-order valence-electron chi connectivity index (χ2n) is 6.38. The fraction of sp³-hybridized carbons (Fsp3) is 0.316. The molecule has 1 N–H and O–H groups in total. The molecule has 0 unspecified atom stereocenters. The predicted octanol–water partition coefficient (Wildman–Crippen LogP) is 3.73. The van der Waals surface area contributed by atoms with Gasteiger partial charge < -0.3 is 10.1 Å². The highest BCUT2D eigenvalue weighted by Gasteiger charge is 2.27. The summed E-state index contributed by atoms with van der Waals surface area (Å²) in [6, 6.07) is 11.6. The normalized spacial score (nSPS) is 11.7. The Kier molecular flexibility index (Phi) is 6.86. The largest absolute Gasteiger partial charge is 0.495 e. The van der Waals surface area contributed by atoms with Crippen LogP contribution in [0.2, 0.25) is 5.02 Å². The summed E-state index contributed by atoms with van der Waals surface area (Å²) in [5.74, 6) is -0.0601. The minimum atomic E-state index is -3.91. The second kappa shape index (κ2) is 8.73. The minimum absolute atomic E-state index is 0.0398. The van der Waals surface area contributed by atoms with Crippen LogP contribution < -0.4 is 10.1 Å². The van der Waals surface area contributed by atoms with Crippen molar-refractivity contribution >= 4 is 33.2 Å². The van der Waals surface area contributed by atoms with Crippen LogP contribution in [-0.2, 0) is 14.8 Å². The van der Waals surface area contributed by atoms with Crippen molar-refractivity contribution < 1.29 is 17.9 Å². The van der Waals surface area contributed by atoms with Gasteiger partial charge in [-0.3, -0.25) is 4.79 Å². The molecule has 0 radical (unpaired) electrons. The van der Waals surface area contributed by atoms with E-state index in [0.29, 0.717) is 10.7 Å². The minimum Gasteiger partial charge on any atom is -0.495 e. The van der Waals surface area contributed by atoms with Gasteiger partial charge in [0.2, 0.25) is 15.9 Å². The SMILES string of the molecule is COc1ccc(C(C)C)cc1S(=O)(=O)N(C)CC(=O)Nc1ccc(Cl)cc1. The zero-order valence-electron chi connectivity index (χ0n) is 15.7. The van der Waals surface area contributed by atoms with Gasteiger partial charge in [-0.1, -0.05) is 31.5 Å². The molecule has 0 fully saturated rings. The Bertz CT molecular complexity index is 912. The number of likely N-dealkylation sites (N-methyl/N-ethyl adjacent to an activating group) is 1. The molecule has 0 aliphatic carbocycles. The number of methoxy groups -OCH3 is 1. The fourth-order valence-electron chi connectivity index (χ4n) is 2.44. The van der Waals surface area contributed by atoms with Gasteiger partial charge in [0, 0.05) is 17.8 Å². The molecule has 0 spiro atoms. The number of hydrogen-bond donors (Lipinski definition) is 1.